The fourth-order valence-electron chi connectivity index (χ4n) is 5.29. The Kier molecular flexibility index (Phi) is 6.98. The van der Waals surface area contributed by atoms with Crippen LogP contribution >= 0.6 is 0 Å². The maximum atomic E-state index is 13.4. The molecule has 204 valence electrons. The van der Waals surface area contributed by atoms with Crippen LogP contribution in [0.15, 0.2) is 77.7 Å². The van der Waals surface area contributed by atoms with E-state index in [1.54, 1.807) is 4.57 Å². The molecule has 0 atom stereocenters. The number of nitrogens with zero attached hydrogens (tertiary/aromatic N) is 3. The summed E-state index contributed by atoms with van der Waals surface area (Å²) in [5.74, 6) is 0.0202. The van der Waals surface area contributed by atoms with E-state index in [-0.39, 0.29) is 17.4 Å². The van der Waals surface area contributed by atoms with Gasteiger partial charge in [0.25, 0.3) is 17.4 Å². The number of amides is 2. The molecule has 1 saturated carbocycles. The van der Waals surface area contributed by atoms with Gasteiger partial charge in [0.1, 0.15) is 0 Å². The van der Waals surface area contributed by atoms with E-state index >= 15 is 0 Å². The number of pyridine rings is 1. The molecule has 1 aliphatic heterocycles. The monoisotopic (exact) mass is 534 g/mol. The van der Waals surface area contributed by atoms with Gasteiger partial charge in [-0.3, -0.25) is 14.4 Å². The number of fused-ring (bicyclic) bond motifs is 1. The van der Waals surface area contributed by atoms with E-state index in [0.717, 1.165) is 66.7 Å². The van der Waals surface area contributed by atoms with E-state index in [4.69, 9.17) is 0 Å². The first kappa shape index (κ1) is 26.0. The maximum absolute atomic E-state index is 13.4. The number of aromatic nitrogens is 1. The zero-order valence-electron chi connectivity index (χ0n) is 23.0. The van der Waals surface area contributed by atoms with Gasteiger partial charge in [0.15, 0.2) is 0 Å². The first-order valence-corrected chi connectivity index (χ1v) is 14.0. The number of benzene rings is 3. The lowest BCUT2D eigenvalue weighted by atomic mass is 9.96. The minimum Gasteiger partial charge on any atom is -0.349 e. The number of likely N-dealkylation sites (N-methyl/N-ethyl adjacent to an activating group) is 1. The van der Waals surface area contributed by atoms with Crippen molar-refractivity contribution in [1.29, 1.82) is 0 Å². The summed E-state index contributed by atoms with van der Waals surface area (Å²) in [5.41, 5.74) is 5.27. The number of rotatable bonds is 6. The summed E-state index contributed by atoms with van der Waals surface area (Å²) in [6, 6.07) is 21.5. The summed E-state index contributed by atoms with van der Waals surface area (Å²) in [6.45, 7) is 5.72. The highest BCUT2D eigenvalue weighted by atomic mass is 16.2. The van der Waals surface area contributed by atoms with E-state index in [2.05, 4.69) is 17.3 Å². The highest BCUT2D eigenvalue weighted by Crippen LogP contribution is 2.28. The summed E-state index contributed by atoms with van der Waals surface area (Å²) < 4.78 is 1.70. The van der Waals surface area contributed by atoms with Gasteiger partial charge in [0.05, 0.1) is 6.54 Å². The van der Waals surface area contributed by atoms with Gasteiger partial charge in [-0.1, -0.05) is 24.3 Å². The van der Waals surface area contributed by atoms with Crippen molar-refractivity contribution in [1.82, 2.24) is 19.7 Å². The van der Waals surface area contributed by atoms with Crippen LogP contribution in [0.2, 0.25) is 0 Å². The molecule has 7 nitrogen and oxygen atoms in total. The fraction of sp³-hybridized carbons (Fsp3) is 0.303. The fourth-order valence-corrected chi connectivity index (χ4v) is 5.29. The van der Waals surface area contributed by atoms with Crippen molar-refractivity contribution < 1.29 is 9.59 Å². The number of nitrogens with one attached hydrogen (secondary N) is 1. The quantitative estimate of drug-likeness (QED) is 0.400. The van der Waals surface area contributed by atoms with Crippen molar-refractivity contribution in [3.05, 3.63) is 106 Å². The van der Waals surface area contributed by atoms with Crippen LogP contribution in [0.1, 0.15) is 44.7 Å². The van der Waals surface area contributed by atoms with E-state index in [1.165, 1.54) is 0 Å². The van der Waals surface area contributed by atoms with Crippen LogP contribution in [0, 0.1) is 6.92 Å². The molecule has 1 aromatic heterocycles. The topological polar surface area (TPSA) is 74.6 Å². The van der Waals surface area contributed by atoms with Crippen molar-refractivity contribution in [3.8, 4) is 11.1 Å². The van der Waals surface area contributed by atoms with Crippen LogP contribution in [-0.4, -0.2) is 65.4 Å². The number of carbonyl (C=O) groups is 2. The van der Waals surface area contributed by atoms with Crippen LogP contribution in [0.25, 0.3) is 21.9 Å². The van der Waals surface area contributed by atoms with Gasteiger partial charge in [-0.25, -0.2) is 0 Å². The molecule has 0 spiro atoms. The minimum absolute atomic E-state index is 0.0378. The van der Waals surface area contributed by atoms with E-state index in [1.807, 2.05) is 84.8 Å². The molecule has 7 heteroatoms. The van der Waals surface area contributed by atoms with Gasteiger partial charge in [-0.2, -0.15) is 0 Å². The molecule has 4 aromatic rings. The Morgan fingerprint density at radius 1 is 0.875 bits per heavy atom. The molecule has 2 aliphatic rings. The van der Waals surface area contributed by atoms with E-state index in [0.29, 0.717) is 29.1 Å². The lowest BCUT2D eigenvalue weighted by Gasteiger charge is -2.32. The van der Waals surface area contributed by atoms with Crippen LogP contribution in [-0.2, 0) is 6.54 Å². The second-order valence-corrected chi connectivity index (χ2v) is 11.1. The summed E-state index contributed by atoms with van der Waals surface area (Å²) in [4.78, 5) is 42.9. The first-order valence-electron chi connectivity index (χ1n) is 14.0. The number of aryl methyl sites for hydroxylation is 1. The van der Waals surface area contributed by atoms with Gasteiger partial charge in [-0.15, -0.1) is 0 Å². The Balaban J connectivity index is 1.20. The highest BCUT2D eigenvalue weighted by molar-refractivity contribution is 5.97. The van der Waals surface area contributed by atoms with Crippen molar-refractivity contribution in [3.63, 3.8) is 0 Å². The summed E-state index contributed by atoms with van der Waals surface area (Å²) >= 11 is 0. The molecule has 2 fully saturated rings. The third kappa shape index (κ3) is 5.42. The number of carbonyl (C=O) groups excluding carboxylic acids is 2. The van der Waals surface area contributed by atoms with Crippen molar-refractivity contribution in [2.45, 2.75) is 32.4 Å². The predicted octanol–water partition coefficient (Wildman–Crippen LogP) is 4.31. The highest BCUT2D eigenvalue weighted by Gasteiger charge is 2.24. The third-order valence-electron chi connectivity index (χ3n) is 8.04. The number of piperazine rings is 1. The lowest BCUT2D eigenvalue weighted by Crippen LogP contribution is -2.47. The smallest absolute Gasteiger partial charge is 0.258 e. The summed E-state index contributed by atoms with van der Waals surface area (Å²) in [6.07, 6.45) is 3.92. The minimum atomic E-state index is -0.0593. The van der Waals surface area contributed by atoms with Gasteiger partial charge >= 0.3 is 0 Å². The summed E-state index contributed by atoms with van der Waals surface area (Å²) in [5, 5.41) is 4.56. The molecule has 0 radical (unpaired) electrons. The van der Waals surface area contributed by atoms with Crippen molar-refractivity contribution in [2.75, 3.05) is 33.2 Å². The molecular formula is C33H34N4O3. The SMILES string of the molecule is Cc1ccc(C(=O)NC2CC2)cc1-c1ccc2c(=O)n(Cc3ccc(C(=O)N4CCN(C)CC4)cc3)ccc2c1. The molecule has 2 amide bonds. The summed E-state index contributed by atoms with van der Waals surface area (Å²) in [7, 11) is 2.07. The molecule has 40 heavy (non-hydrogen) atoms. The Morgan fingerprint density at radius 2 is 1.60 bits per heavy atom. The molecular weight excluding hydrogens is 500 g/mol. The van der Waals surface area contributed by atoms with Crippen molar-refractivity contribution >= 4 is 22.6 Å². The predicted molar refractivity (Wildman–Crippen MR) is 158 cm³/mol. The molecule has 2 heterocycles. The van der Waals surface area contributed by atoms with Crippen LogP contribution in [0.5, 0.6) is 0 Å². The number of hydrogen-bond acceptors (Lipinski definition) is 4. The second kappa shape index (κ2) is 10.7. The first-order chi connectivity index (χ1) is 19.4. The maximum Gasteiger partial charge on any atom is 0.258 e. The molecule has 3 aromatic carbocycles. The molecule has 6 rings (SSSR count). The molecule has 1 aliphatic carbocycles. The molecule has 0 bridgehead atoms. The van der Waals surface area contributed by atoms with Crippen LogP contribution in [0.3, 0.4) is 0 Å². The lowest BCUT2D eigenvalue weighted by molar-refractivity contribution is 0.0664. The van der Waals surface area contributed by atoms with Crippen molar-refractivity contribution in [2.24, 2.45) is 0 Å². The average Bonchev–Trinajstić information content (AvgIpc) is 3.79. The normalized spacial score (nSPS) is 15.8. The molecule has 1 N–H and O–H groups in total. The third-order valence-corrected chi connectivity index (χ3v) is 8.04. The largest absolute Gasteiger partial charge is 0.349 e. The number of hydrogen-bond donors (Lipinski definition) is 1. The Morgan fingerprint density at radius 3 is 2.33 bits per heavy atom. The van der Waals surface area contributed by atoms with Gasteiger partial charge < -0.3 is 19.7 Å². The Hall–Kier alpha value is -4.23. The van der Waals surface area contributed by atoms with Crippen LogP contribution in [0.4, 0.5) is 0 Å². The van der Waals surface area contributed by atoms with E-state index < -0.39 is 0 Å². The van der Waals surface area contributed by atoms with Gasteiger partial charge in [-0.05, 0) is 96.9 Å². The van der Waals surface area contributed by atoms with E-state index in [9.17, 15) is 14.4 Å². The zero-order valence-corrected chi connectivity index (χ0v) is 23.0. The van der Waals surface area contributed by atoms with Gasteiger partial charge in [0, 0.05) is 54.9 Å². The zero-order chi connectivity index (χ0) is 27.8. The second-order valence-electron chi connectivity index (χ2n) is 11.1. The standard InChI is InChI=1S/C33H34N4O3/c1-22-3-6-27(31(38)34-28-10-11-28)20-30(22)25-9-12-29-26(19-25)13-14-37(33(29)40)21-23-4-7-24(8-5-23)32(39)36-17-15-35(2)16-18-36/h3-9,12-14,19-20,28H,10-11,15-18,21H2,1-2H3,(H,34,38). The average molecular weight is 535 g/mol. The van der Waals surface area contributed by atoms with Crippen LogP contribution < -0.4 is 10.9 Å². The molecule has 0 unspecified atom stereocenters. The Bertz CT molecular complexity index is 1650. The molecule has 1 saturated heterocycles. The Labute approximate surface area is 234 Å². The van der Waals surface area contributed by atoms with Gasteiger partial charge in [0.2, 0.25) is 0 Å².